The van der Waals surface area contributed by atoms with Gasteiger partial charge in [-0.1, -0.05) is 79.9 Å². The largest absolute Gasteiger partial charge is 0.446 e. The van der Waals surface area contributed by atoms with Gasteiger partial charge in [0.05, 0.1) is 6.54 Å². The molecule has 0 bridgehead atoms. The van der Waals surface area contributed by atoms with Crippen molar-refractivity contribution in [1.29, 1.82) is 0 Å². The van der Waals surface area contributed by atoms with Gasteiger partial charge < -0.3 is 15.4 Å². The number of nitrogens with one attached hydrogen (secondary N) is 2. The topological polar surface area (TPSA) is 67.4 Å². The minimum Gasteiger partial charge on any atom is -0.446 e. The van der Waals surface area contributed by atoms with E-state index < -0.39 is 6.09 Å². The molecule has 3 saturated carbocycles. The van der Waals surface area contributed by atoms with Crippen molar-refractivity contribution < 1.29 is 14.3 Å². The number of alkyl carbamates (subject to hydrolysis) is 1. The molecule has 0 aromatic heterocycles. The van der Waals surface area contributed by atoms with Crippen LogP contribution < -0.4 is 10.6 Å². The molecule has 2 N–H and O–H groups in total. The minimum atomic E-state index is -0.473. The summed E-state index contributed by atoms with van der Waals surface area (Å²) in [6, 6.07) is 0. The van der Waals surface area contributed by atoms with Gasteiger partial charge in [-0.25, -0.2) is 4.79 Å². The molecule has 9 atom stereocenters. The molecule has 5 heteroatoms. The second kappa shape index (κ2) is 12.8. The first-order valence-electron chi connectivity index (χ1n) is 15.4. The van der Waals surface area contributed by atoms with Crippen molar-refractivity contribution in [3.63, 3.8) is 0 Å². The van der Waals surface area contributed by atoms with Crippen LogP contribution in [0.25, 0.3) is 0 Å². The minimum absolute atomic E-state index is 0. The van der Waals surface area contributed by atoms with Crippen LogP contribution in [0.5, 0.6) is 0 Å². The lowest BCUT2D eigenvalue weighted by Crippen LogP contribution is -2.56. The summed E-state index contributed by atoms with van der Waals surface area (Å²) in [5.41, 5.74) is 0.780. The van der Waals surface area contributed by atoms with Crippen molar-refractivity contribution in [1.82, 2.24) is 10.6 Å². The van der Waals surface area contributed by atoms with E-state index >= 15 is 0 Å². The van der Waals surface area contributed by atoms with E-state index in [-0.39, 0.29) is 26.0 Å². The molecule has 38 heavy (non-hydrogen) atoms. The van der Waals surface area contributed by atoms with Crippen molar-refractivity contribution in [3.8, 4) is 0 Å². The molecule has 9 unspecified atom stereocenters. The van der Waals surface area contributed by atoms with Crippen LogP contribution in [-0.4, -0.2) is 31.7 Å². The summed E-state index contributed by atoms with van der Waals surface area (Å²) in [5.74, 6) is 5.05. The zero-order valence-corrected chi connectivity index (χ0v) is 24.5. The van der Waals surface area contributed by atoms with Crippen LogP contribution in [0, 0.1) is 52.3 Å². The maximum Gasteiger partial charge on any atom is 0.407 e. The van der Waals surface area contributed by atoms with Crippen LogP contribution in [0.2, 0.25) is 0 Å². The van der Waals surface area contributed by atoms with Gasteiger partial charge in [-0.05, 0) is 97.2 Å². The summed E-state index contributed by atoms with van der Waals surface area (Å²) < 4.78 is 5.74. The number of fused-ring (bicyclic) bond motifs is 5. The number of hydrogen-bond donors (Lipinski definition) is 2. The Morgan fingerprint density at radius 1 is 0.974 bits per heavy atom. The summed E-state index contributed by atoms with van der Waals surface area (Å²) >= 11 is 0. The fraction of sp³-hybridized carbons (Fsp3) is 0.879. The Morgan fingerprint density at radius 3 is 2.39 bits per heavy atom. The highest BCUT2D eigenvalue weighted by Gasteiger charge is 2.58. The number of allylic oxidation sites excluding steroid dienone is 2. The number of rotatable bonds is 8. The van der Waals surface area contributed by atoms with Gasteiger partial charge in [0.2, 0.25) is 5.91 Å². The van der Waals surface area contributed by atoms with E-state index in [2.05, 4.69) is 57.4 Å². The van der Waals surface area contributed by atoms with Crippen LogP contribution in [0.1, 0.15) is 113 Å². The predicted octanol–water partition coefficient (Wildman–Crippen LogP) is 7.75. The van der Waals surface area contributed by atoms with E-state index in [0.29, 0.717) is 22.7 Å². The maximum atomic E-state index is 12.2. The fourth-order valence-electron chi connectivity index (χ4n) is 9.35. The first kappa shape index (κ1) is 31.0. The van der Waals surface area contributed by atoms with E-state index in [4.69, 9.17) is 4.74 Å². The lowest BCUT2D eigenvalue weighted by Gasteiger charge is -2.62. The molecule has 0 aromatic carbocycles. The van der Waals surface area contributed by atoms with Gasteiger partial charge in [-0.15, -0.1) is 0 Å². The molecular formula is C33H58N2O3. The molecule has 4 aliphatic rings. The van der Waals surface area contributed by atoms with E-state index in [1.54, 1.807) is 7.05 Å². The van der Waals surface area contributed by atoms with Crippen LogP contribution in [0.15, 0.2) is 12.2 Å². The lowest BCUT2D eigenvalue weighted by atomic mass is 9.42. The molecule has 218 valence electrons. The molecule has 0 saturated heterocycles. The van der Waals surface area contributed by atoms with Gasteiger partial charge in [0.15, 0.2) is 0 Å². The summed E-state index contributed by atoms with van der Waals surface area (Å²) in [5, 5.41) is 5.10. The van der Waals surface area contributed by atoms with Gasteiger partial charge in [-0.2, -0.15) is 0 Å². The Morgan fingerprint density at radius 2 is 1.68 bits per heavy atom. The highest BCUT2D eigenvalue weighted by molar-refractivity contribution is 5.81. The second-order valence-corrected chi connectivity index (χ2v) is 14.0. The van der Waals surface area contributed by atoms with Gasteiger partial charge in [0.25, 0.3) is 0 Å². The monoisotopic (exact) mass is 530 g/mol. The Bertz CT molecular complexity index is 840. The average Bonchev–Trinajstić information content (AvgIpc) is 2.86. The molecule has 2 amide bonds. The molecule has 3 fully saturated rings. The Kier molecular flexibility index (Phi) is 10.4. The molecule has 0 heterocycles. The summed E-state index contributed by atoms with van der Waals surface area (Å²) in [7, 11) is 1.57. The standard InChI is InChI=1S/C32H54N2O3.CH4/c1-21(2)9-7-10-22(3)26-11-8-12-27-25-14-13-23-19-24(37-30(36)34-20-29(35)33-6)15-17-31(23,4)28(25)16-18-32(26,27)5;/h13-14,21-28H,7-12,15-20H2,1-6H3,(H,33,35)(H,34,36);1H4. The smallest absolute Gasteiger partial charge is 0.407 e. The van der Waals surface area contributed by atoms with Gasteiger partial charge in [0, 0.05) is 7.05 Å². The number of carbonyl (C=O) groups excluding carboxylic acids is 2. The Balaban J connectivity index is 0.00000400. The second-order valence-electron chi connectivity index (χ2n) is 14.0. The number of likely N-dealkylation sites (N-methyl/N-ethyl adjacent to an activating group) is 1. The maximum absolute atomic E-state index is 12.2. The normalized spacial score (nSPS) is 38.6. The highest BCUT2D eigenvalue weighted by Crippen LogP contribution is 2.65. The SMILES string of the molecule is C.CNC(=O)CNC(=O)OC1CCC2(C)C(C=CC3C2CCC2(C)C(C(C)CCCC(C)C)CCCC32)C1. The van der Waals surface area contributed by atoms with Crippen LogP contribution in [-0.2, 0) is 9.53 Å². The molecule has 5 nitrogen and oxygen atoms in total. The quantitative estimate of drug-likeness (QED) is 0.315. The number of carbonyl (C=O) groups is 2. The Labute approximate surface area is 233 Å². The molecule has 0 spiro atoms. The molecule has 0 aromatic rings. The van der Waals surface area contributed by atoms with E-state index in [1.807, 2.05) is 0 Å². The van der Waals surface area contributed by atoms with Crippen molar-refractivity contribution in [2.45, 2.75) is 119 Å². The first-order chi connectivity index (χ1) is 17.6. The molecule has 4 rings (SSSR count). The zero-order chi connectivity index (χ0) is 26.8. The van der Waals surface area contributed by atoms with Gasteiger partial charge in [-0.3, -0.25) is 4.79 Å². The van der Waals surface area contributed by atoms with E-state index in [9.17, 15) is 9.59 Å². The predicted molar refractivity (Wildman–Crippen MR) is 157 cm³/mol. The van der Waals surface area contributed by atoms with E-state index in [0.717, 1.165) is 48.9 Å². The van der Waals surface area contributed by atoms with Gasteiger partial charge >= 0.3 is 6.09 Å². The van der Waals surface area contributed by atoms with Crippen LogP contribution in [0.3, 0.4) is 0 Å². The van der Waals surface area contributed by atoms with Crippen molar-refractivity contribution in [2.75, 3.05) is 13.6 Å². The fourth-order valence-corrected chi connectivity index (χ4v) is 9.35. The van der Waals surface area contributed by atoms with Crippen LogP contribution >= 0.6 is 0 Å². The van der Waals surface area contributed by atoms with Crippen molar-refractivity contribution >= 4 is 12.0 Å². The number of hydrogen-bond acceptors (Lipinski definition) is 3. The van der Waals surface area contributed by atoms with Crippen molar-refractivity contribution in [2.24, 2.45) is 52.3 Å². The third-order valence-electron chi connectivity index (χ3n) is 11.5. The van der Waals surface area contributed by atoms with Gasteiger partial charge in [0.1, 0.15) is 6.10 Å². The molecule has 0 radical (unpaired) electrons. The summed E-state index contributed by atoms with van der Waals surface area (Å²) in [4.78, 5) is 23.7. The Hall–Kier alpha value is -1.52. The van der Waals surface area contributed by atoms with Crippen molar-refractivity contribution in [3.05, 3.63) is 12.2 Å². The van der Waals surface area contributed by atoms with Crippen LogP contribution in [0.4, 0.5) is 4.79 Å². The summed E-state index contributed by atoms with van der Waals surface area (Å²) in [6.07, 6.45) is 18.6. The molecule has 4 aliphatic carbocycles. The number of ether oxygens (including phenoxy) is 1. The highest BCUT2D eigenvalue weighted by atomic mass is 16.6. The average molecular weight is 531 g/mol. The van der Waals surface area contributed by atoms with E-state index in [1.165, 1.54) is 51.4 Å². The third-order valence-corrected chi connectivity index (χ3v) is 11.5. The lowest BCUT2D eigenvalue weighted by molar-refractivity contribution is -0.120. The number of amides is 2. The molecular weight excluding hydrogens is 472 g/mol. The molecule has 0 aliphatic heterocycles. The first-order valence-corrected chi connectivity index (χ1v) is 15.4. The third kappa shape index (κ3) is 6.28. The summed E-state index contributed by atoms with van der Waals surface area (Å²) in [6.45, 7) is 12.4. The zero-order valence-electron chi connectivity index (χ0n) is 24.5.